The molecule has 1 aromatic carbocycles. The van der Waals surface area contributed by atoms with Crippen molar-refractivity contribution in [3.8, 4) is 0 Å². The Morgan fingerprint density at radius 3 is 2.75 bits per heavy atom. The number of carbonyl (C=O) groups is 1. The van der Waals surface area contributed by atoms with Crippen LogP contribution >= 0.6 is 0 Å². The second kappa shape index (κ2) is 4.35. The summed E-state index contributed by atoms with van der Waals surface area (Å²) in [4.78, 5) is 12.7. The lowest BCUT2D eigenvalue weighted by molar-refractivity contribution is 0.0692. The summed E-state index contributed by atoms with van der Waals surface area (Å²) in [5.41, 5.74) is 0.447. The molecular formula is C12H12FNO2. The van der Waals surface area contributed by atoms with Crippen molar-refractivity contribution in [2.75, 3.05) is 18.0 Å². The summed E-state index contributed by atoms with van der Waals surface area (Å²) in [5, 5.41) is 8.70. The SMILES string of the molecule is O=C(O)c1ccc(N2CC=CCC2)cc1F. The van der Waals surface area contributed by atoms with Crippen LogP contribution in [0, 0.1) is 5.82 Å². The topological polar surface area (TPSA) is 40.5 Å². The van der Waals surface area contributed by atoms with Crippen LogP contribution in [0.5, 0.6) is 0 Å². The Morgan fingerprint density at radius 1 is 1.38 bits per heavy atom. The van der Waals surface area contributed by atoms with Crippen LogP contribution in [0.1, 0.15) is 16.8 Å². The van der Waals surface area contributed by atoms with Gasteiger partial charge in [0.15, 0.2) is 0 Å². The standard InChI is InChI=1S/C12H12FNO2/c13-11-8-9(4-5-10(11)12(15)16)14-6-2-1-3-7-14/h1-2,4-5,8H,3,6-7H2,(H,15,16). The van der Waals surface area contributed by atoms with Crippen molar-refractivity contribution in [1.29, 1.82) is 0 Å². The molecule has 1 heterocycles. The van der Waals surface area contributed by atoms with Crippen molar-refractivity contribution >= 4 is 11.7 Å². The number of nitrogens with zero attached hydrogens (tertiary/aromatic N) is 1. The summed E-state index contributed by atoms with van der Waals surface area (Å²) in [6, 6.07) is 4.24. The average molecular weight is 221 g/mol. The molecule has 0 atom stereocenters. The zero-order valence-electron chi connectivity index (χ0n) is 8.69. The van der Waals surface area contributed by atoms with Crippen molar-refractivity contribution in [3.63, 3.8) is 0 Å². The molecule has 4 heteroatoms. The fraction of sp³-hybridized carbons (Fsp3) is 0.250. The van der Waals surface area contributed by atoms with Gasteiger partial charge in [0.05, 0.1) is 5.56 Å². The molecule has 0 aliphatic carbocycles. The minimum atomic E-state index is -1.23. The minimum Gasteiger partial charge on any atom is -0.478 e. The van der Waals surface area contributed by atoms with Crippen LogP contribution in [-0.2, 0) is 0 Å². The number of carboxylic acid groups (broad SMARTS) is 1. The molecule has 0 aromatic heterocycles. The first kappa shape index (κ1) is 10.7. The molecule has 3 nitrogen and oxygen atoms in total. The highest BCUT2D eigenvalue weighted by molar-refractivity contribution is 5.88. The normalized spacial score (nSPS) is 15.2. The van der Waals surface area contributed by atoms with E-state index in [4.69, 9.17) is 5.11 Å². The zero-order valence-corrected chi connectivity index (χ0v) is 8.69. The van der Waals surface area contributed by atoms with Crippen LogP contribution in [0.4, 0.5) is 10.1 Å². The van der Waals surface area contributed by atoms with Crippen LogP contribution in [0.3, 0.4) is 0 Å². The summed E-state index contributed by atoms with van der Waals surface area (Å²) in [6.45, 7) is 1.58. The molecule has 0 amide bonds. The number of rotatable bonds is 2. The number of hydrogen-bond acceptors (Lipinski definition) is 2. The van der Waals surface area contributed by atoms with Gasteiger partial charge in [-0.15, -0.1) is 0 Å². The molecule has 0 fully saturated rings. The highest BCUT2D eigenvalue weighted by Crippen LogP contribution is 2.20. The van der Waals surface area contributed by atoms with Gasteiger partial charge in [-0.2, -0.15) is 0 Å². The summed E-state index contributed by atoms with van der Waals surface area (Å²) in [7, 11) is 0. The molecule has 0 saturated heterocycles. The largest absolute Gasteiger partial charge is 0.478 e. The molecule has 1 aromatic rings. The Labute approximate surface area is 92.8 Å². The molecule has 1 aliphatic heterocycles. The highest BCUT2D eigenvalue weighted by Gasteiger charge is 2.13. The van der Waals surface area contributed by atoms with Crippen molar-refractivity contribution in [2.24, 2.45) is 0 Å². The number of benzene rings is 1. The summed E-state index contributed by atoms with van der Waals surface area (Å²) in [6.07, 6.45) is 5.04. The summed E-state index contributed by atoms with van der Waals surface area (Å²) < 4.78 is 13.4. The number of carboxylic acids is 1. The van der Waals surface area contributed by atoms with E-state index in [1.54, 1.807) is 6.07 Å². The van der Waals surface area contributed by atoms with Crippen molar-refractivity contribution in [2.45, 2.75) is 6.42 Å². The van der Waals surface area contributed by atoms with Crippen molar-refractivity contribution in [1.82, 2.24) is 0 Å². The third kappa shape index (κ3) is 2.05. The van der Waals surface area contributed by atoms with E-state index in [2.05, 4.69) is 6.08 Å². The van der Waals surface area contributed by atoms with E-state index in [1.807, 2.05) is 11.0 Å². The van der Waals surface area contributed by atoms with Gasteiger partial charge in [0.1, 0.15) is 5.82 Å². The first-order valence-electron chi connectivity index (χ1n) is 5.11. The molecule has 16 heavy (non-hydrogen) atoms. The van der Waals surface area contributed by atoms with E-state index in [-0.39, 0.29) is 5.56 Å². The number of halogens is 1. The lowest BCUT2D eigenvalue weighted by atomic mass is 10.1. The average Bonchev–Trinajstić information content (AvgIpc) is 2.29. The highest BCUT2D eigenvalue weighted by atomic mass is 19.1. The maximum Gasteiger partial charge on any atom is 0.338 e. The molecule has 1 N–H and O–H groups in total. The van der Waals surface area contributed by atoms with E-state index in [0.717, 1.165) is 25.2 Å². The molecule has 0 spiro atoms. The molecule has 2 rings (SSSR count). The molecule has 0 radical (unpaired) electrons. The Bertz CT molecular complexity index is 443. The second-order valence-corrected chi connectivity index (χ2v) is 3.68. The van der Waals surface area contributed by atoms with E-state index in [9.17, 15) is 9.18 Å². The molecular weight excluding hydrogens is 209 g/mol. The molecule has 0 unspecified atom stereocenters. The smallest absolute Gasteiger partial charge is 0.338 e. The molecule has 0 bridgehead atoms. The van der Waals surface area contributed by atoms with Gasteiger partial charge in [0.2, 0.25) is 0 Å². The van der Waals surface area contributed by atoms with Gasteiger partial charge in [-0.05, 0) is 24.6 Å². The third-order valence-corrected chi connectivity index (χ3v) is 2.61. The maximum absolute atomic E-state index is 13.4. The third-order valence-electron chi connectivity index (χ3n) is 2.61. The Balaban J connectivity index is 2.26. The Hall–Kier alpha value is -1.84. The first-order chi connectivity index (χ1) is 7.68. The Kier molecular flexibility index (Phi) is 2.90. The number of anilines is 1. The van der Waals surface area contributed by atoms with E-state index in [1.165, 1.54) is 12.1 Å². The zero-order chi connectivity index (χ0) is 11.5. The van der Waals surface area contributed by atoms with Gasteiger partial charge < -0.3 is 10.0 Å². The maximum atomic E-state index is 13.4. The van der Waals surface area contributed by atoms with E-state index in [0.29, 0.717) is 0 Å². The van der Waals surface area contributed by atoms with Crippen LogP contribution in [0.15, 0.2) is 30.4 Å². The predicted octanol–water partition coefficient (Wildman–Crippen LogP) is 2.29. The monoisotopic (exact) mass is 221 g/mol. The van der Waals surface area contributed by atoms with E-state index >= 15 is 0 Å². The van der Waals surface area contributed by atoms with Crippen LogP contribution in [-0.4, -0.2) is 24.2 Å². The quantitative estimate of drug-likeness (QED) is 0.779. The minimum absolute atomic E-state index is 0.281. The first-order valence-corrected chi connectivity index (χ1v) is 5.11. The van der Waals surface area contributed by atoms with Crippen LogP contribution in [0.25, 0.3) is 0 Å². The lowest BCUT2D eigenvalue weighted by Gasteiger charge is -2.25. The van der Waals surface area contributed by atoms with Crippen molar-refractivity contribution in [3.05, 3.63) is 41.7 Å². The van der Waals surface area contributed by atoms with Gasteiger partial charge in [0, 0.05) is 18.8 Å². The van der Waals surface area contributed by atoms with Gasteiger partial charge in [-0.25, -0.2) is 9.18 Å². The van der Waals surface area contributed by atoms with Crippen LogP contribution < -0.4 is 4.90 Å². The predicted molar refractivity (Wildman–Crippen MR) is 59.3 cm³/mol. The summed E-state index contributed by atoms with van der Waals surface area (Å²) in [5.74, 6) is -1.91. The van der Waals surface area contributed by atoms with Gasteiger partial charge in [-0.1, -0.05) is 12.2 Å². The summed E-state index contributed by atoms with van der Waals surface area (Å²) >= 11 is 0. The van der Waals surface area contributed by atoms with E-state index < -0.39 is 11.8 Å². The van der Waals surface area contributed by atoms with Gasteiger partial charge in [0.25, 0.3) is 0 Å². The molecule has 1 aliphatic rings. The number of hydrogen-bond donors (Lipinski definition) is 1. The molecule has 84 valence electrons. The second-order valence-electron chi connectivity index (χ2n) is 3.68. The van der Waals surface area contributed by atoms with Gasteiger partial charge >= 0.3 is 5.97 Å². The molecule has 0 saturated carbocycles. The van der Waals surface area contributed by atoms with Crippen LogP contribution in [0.2, 0.25) is 0 Å². The van der Waals surface area contributed by atoms with Gasteiger partial charge in [-0.3, -0.25) is 0 Å². The fourth-order valence-corrected chi connectivity index (χ4v) is 1.75. The van der Waals surface area contributed by atoms with Crippen molar-refractivity contribution < 1.29 is 14.3 Å². The lowest BCUT2D eigenvalue weighted by Crippen LogP contribution is -2.26. The fourth-order valence-electron chi connectivity index (χ4n) is 1.75. The Morgan fingerprint density at radius 2 is 2.19 bits per heavy atom. The number of aromatic carboxylic acids is 1.